The number of carbonyl (C=O) groups is 2. The highest BCUT2D eigenvalue weighted by Gasteiger charge is 2.43. The van der Waals surface area contributed by atoms with E-state index in [0.717, 1.165) is 0 Å². The van der Waals surface area contributed by atoms with Crippen LogP contribution in [-0.4, -0.2) is 18.2 Å². The fraction of sp³-hybridized carbons (Fsp3) is 0.273. The first-order valence-corrected chi connectivity index (χ1v) is 4.55. The zero-order valence-electron chi connectivity index (χ0n) is 8.20. The van der Waals surface area contributed by atoms with Crippen molar-refractivity contribution in [2.45, 2.75) is 12.6 Å². The van der Waals surface area contributed by atoms with E-state index in [1.807, 2.05) is 0 Å². The molecule has 16 heavy (non-hydrogen) atoms. The van der Waals surface area contributed by atoms with Crippen LogP contribution >= 0.6 is 0 Å². The molecule has 0 fully saturated rings. The lowest BCUT2D eigenvalue weighted by atomic mass is 9.96. The third-order valence-electron chi connectivity index (χ3n) is 2.08. The van der Waals surface area contributed by atoms with Crippen molar-refractivity contribution >= 4 is 12.1 Å². The van der Waals surface area contributed by atoms with Crippen molar-refractivity contribution in [3.63, 3.8) is 0 Å². The summed E-state index contributed by atoms with van der Waals surface area (Å²) >= 11 is 0. The van der Waals surface area contributed by atoms with Crippen LogP contribution in [0.15, 0.2) is 30.3 Å². The van der Waals surface area contributed by atoms with Gasteiger partial charge < -0.3 is 4.79 Å². The van der Waals surface area contributed by atoms with E-state index in [1.165, 1.54) is 0 Å². The highest BCUT2D eigenvalue weighted by atomic mass is 19.4. The number of Topliss-reactive ketones (excluding diaryl/α,β-unsaturated/α-hetero) is 1. The zero-order chi connectivity index (χ0) is 12.2. The predicted octanol–water partition coefficient (Wildman–Crippen LogP) is 2.18. The summed E-state index contributed by atoms with van der Waals surface area (Å²) in [6.45, 7) is 0. The second-order valence-electron chi connectivity index (χ2n) is 3.29. The van der Waals surface area contributed by atoms with Crippen LogP contribution in [-0.2, 0) is 16.0 Å². The number of alkyl halides is 3. The molecule has 1 atom stereocenters. The van der Waals surface area contributed by atoms with Crippen LogP contribution in [0.1, 0.15) is 5.56 Å². The number of benzene rings is 1. The van der Waals surface area contributed by atoms with Crippen molar-refractivity contribution in [1.29, 1.82) is 0 Å². The van der Waals surface area contributed by atoms with Gasteiger partial charge in [-0.15, -0.1) is 0 Å². The molecule has 1 aromatic rings. The molecule has 0 spiro atoms. The van der Waals surface area contributed by atoms with E-state index in [-0.39, 0.29) is 12.7 Å². The summed E-state index contributed by atoms with van der Waals surface area (Å²) in [6.07, 6.45) is -5.13. The zero-order valence-corrected chi connectivity index (χ0v) is 8.20. The Morgan fingerprint density at radius 3 is 2.25 bits per heavy atom. The molecule has 0 aliphatic rings. The van der Waals surface area contributed by atoms with Crippen molar-refractivity contribution in [2.24, 2.45) is 5.92 Å². The van der Waals surface area contributed by atoms with E-state index in [2.05, 4.69) is 0 Å². The maximum atomic E-state index is 12.1. The fourth-order valence-electron chi connectivity index (χ4n) is 1.28. The van der Waals surface area contributed by atoms with Gasteiger partial charge in [0.15, 0.2) is 0 Å². The summed E-state index contributed by atoms with van der Waals surface area (Å²) in [6, 6.07) is 8.11. The molecule has 0 saturated carbocycles. The van der Waals surface area contributed by atoms with E-state index in [1.54, 1.807) is 30.3 Å². The quantitative estimate of drug-likeness (QED) is 0.586. The van der Waals surface area contributed by atoms with Crippen molar-refractivity contribution in [1.82, 2.24) is 0 Å². The summed E-state index contributed by atoms with van der Waals surface area (Å²) in [7, 11) is 0. The van der Waals surface area contributed by atoms with Gasteiger partial charge in [0.25, 0.3) is 0 Å². The first-order valence-electron chi connectivity index (χ1n) is 4.55. The monoisotopic (exact) mass is 230 g/mol. The number of halogens is 3. The largest absolute Gasteiger partial charge is 0.450 e. The van der Waals surface area contributed by atoms with Gasteiger partial charge >= 0.3 is 6.18 Å². The maximum absolute atomic E-state index is 12.1. The molecule has 1 unspecified atom stereocenters. The number of carbonyl (C=O) groups excluding carboxylic acids is 2. The fourth-order valence-corrected chi connectivity index (χ4v) is 1.28. The molecule has 0 aliphatic carbocycles. The maximum Gasteiger partial charge on any atom is 0.450 e. The summed E-state index contributed by atoms with van der Waals surface area (Å²) in [5, 5.41) is 0. The minimum atomic E-state index is -4.96. The van der Waals surface area contributed by atoms with Gasteiger partial charge in [-0.2, -0.15) is 13.2 Å². The number of aldehydes is 1. The first kappa shape index (κ1) is 12.4. The average molecular weight is 230 g/mol. The minimum Gasteiger partial charge on any atom is -0.303 e. The lowest BCUT2D eigenvalue weighted by Crippen LogP contribution is -2.32. The molecular weight excluding hydrogens is 221 g/mol. The predicted molar refractivity (Wildman–Crippen MR) is 50.8 cm³/mol. The topological polar surface area (TPSA) is 34.1 Å². The van der Waals surface area contributed by atoms with Crippen molar-refractivity contribution in [2.75, 3.05) is 0 Å². The Hall–Kier alpha value is -1.65. The number of hydrogen-bond donors (Lipinski definition) is 0. The van der Waals surface area contributed by atoms with E-state index in [4.69, 9.17) is 0 Å². The molecule has 2 nitrogen and oxygen atoms in total. The molecule has 0 bridgehead atoms. The van der Waals surface area contributed by atoms with Gasteiger partial charge in [0, 0.05) is 0 Å². The Labute approximate surface area is 90.1 Å². The second kappa shape index (κ2) is 4.92. The van der Waals surface area contributed by atoms with Gasteiger partial charge in [-0.25, -0.2) is 0 Å². The van der Waals surface area contributed by atoms with Crippen LogP contribution in [0, 0.1) is 5.92 Å². The van der Waals surface area contributed by atoms with Crippen LogP contribution in [0.4, 0.5) is 13.2 Å². The van der Waals surface area contributed by atoms with E-state index < -0.39 is 17.9 Å². The Bertz CT molecular complexity index is 371. The highest BCUT2D eigenvalue weighted by molar-refractivity contribution is 5.97. The average Bonchev–Trinajstić information content (AvgIpc) is 2.25. The highest BCUT2D eigenvalue weighted by Crippen LogP contribution is 2.22. The van der Waals surface area contributed by atoms with Gasteiger partial charge in [-0.3, -0.25) is 4.79 Å². The lowest BCUT2D eigenvalue weighted by molar-refractivity contribution is -0.175. The van der Waals surface area contributed by atoms with Crippen LogP contribution in [0.3, 0.4) is 0 Å². The van der Waals surface area contributed by atoms with Crippen molar-refractivity contribution < 1.29 is 22.8 Å². The lowest BCUT2D eigenvalue weighted by Gasteiger charge is -2.11. The molecule has 0 heterocycles. The summed E-state index contributed by atoms with van der Waals surface area (Å²) in [5.74, 6) is -3.64. The molecule has 0 radical (unpaired) electrons. The van der Waals surface area contributed by atoms with Gasteiger partial charge in [0.1, 0.15) is 6.29 Å². The smallest absolute Gasteiger partial charge is 0.303 e. The Morgan fingerprint density at radius 2 is 1.81 bits per heavy atom. The summed E-state index contributed by atoms with van der Waals surface area (Å²) < 4.78 is 36.2. The van der Waals surface area contributed by atoms with E-state index >= 15 is 0 Å². The van der Waals surface area contributed by atoms with E-state index in [0.29, 0.717) is 5.56 Å². The molecule has 86 valence electrons. The van der Waals surface area contributed by atoms with Crippen LogP contribution in [0.25, 0.3) is 0 Å². The van der Waals surface area contributed by atoms with Crippen molar-refractivity contribution in [3.8, 4) is 0 Å². The van der Waals surface area contributed by atoms with Crippen LogP contribution in [0.2, 0.25) is 0 Å². The van der Waals surface area contributed by atoms with Crippen molar-refractivity contribution in [3.05, 3.63) is 35.9 Å². The molecule has 5 heteroatoms. The number of rotatable bonds is 4. The van der Waals surface area contributed by atoms with Gasteiger partial charge in [-0.05, 0) is 12.0 Å². The third kappa shape index (κ3) is 3.18. The minimum absolute atomic E-state index is 0.0445. The number of hydrogen-bond acceptors (Lipinski definition) is 2. The molecule has 0 amide bonds. The molecule has 0 aromatic heterocycles. The SMILES string of the molecule is O=CC(Cc1ccccc1)C(=O)C(F)(F)F. The molecule has 1 aromatic carbocycles. The summed E-state index contributed by atoms with van der Waals surface area (Å²) in [4.78, 5) is 21.3. The molecular formula is C11H9F3O2. The second-order valence-corrected chi connectivity index (χ2v) is 3.29. The van der Waals surface area contributed by atoms with Gasteiger partial charge in [0.2, 0.25) is 5.78 Å². The normalized spacial score (nSPS) is 13.2. The Morgan fingerprint density at radius 1 is 1.25 bits per heavy atom. The number of ketones is 1. The third-order valence-corrected chi connectivity index (χ3v) is 2.08. The molecule has 0 N–H and O–H groups in total. The van der Waals surface area contributed by atoms with Gasteiger partial charge in [0.05, 0.1) is 5.92 Å². The molecule has 1 rings (SSSR count). The van der Waals surface area contributed by atoms with Crippen LogP contribution in [0.5, 0.6) is 0 Å². The Kier molecular flexibility index (Phi) is 3.82. The standard InChI is InChI=1S/C11H9F3O2/c12-11(13,14)10(16)9(7-15)6-8-4-2-1-3-5-8/h1-5,7,9H,6H2. The van der Waals surface area contributed by atoms with Crippen LogP contribution < -0.4 is 0 Å². The van der Waals surface area contributed by atoms with E-state index in [9.17, 15) is 22.8 Å². The summed E-state index contributed by atoms with van der Waals surface area (Å²) in [5.41, 5.74) is 0.525. The first-order chi connectivity index (χ1) is 7.45. The van der Waals surface area contributed by atoms with Gasteiger partial charge in [-0.1, -0.05) is 30.3 Å². The molecule has 0 aliphatic heterocycles. The Balaban J connectivity index is 2.78. The molecule has 0 saturated heterocycles.